The molecule has 0 heterocycles. The van der Waals surface area contributed by atoms with E-state index >= 15 is 0 Å². The number of hydrogen-bond donors (Lipinski definition) is 1. The molecule has 0 saturated heterocycles. The predicted molar refractivity (Wildman–Crippen MR) is 74.0 cm³/mol. The Morgan fingerprint density at radius 3 is 2.80 bits per heavy atom. The maximum Gasteiger partial charge on any atom is 0.252 e. The summed E-state index contributed by atoms with van der Waals surface area (Å²) in [4.78, 5) is 11.8. The predicted octanol–water partition coefficient (Wildman–Crippen LogP) is 3.44. The summed E-state index contributed by atoms with van der Waals surface area (Å²) in [5, 5.41) is 2.90. The molecule has 1 aromatic rings. The second-order valence-electron chi connectivity index (χ2n) is 3.71. The van der Waals surface area contributed by atoms with Gasteiger partial charge in [0.15, 0.2) is 0 Å². The van der Waals surface area contributed by atoms with Crippen LogP contribution in [-0.4, -0.2) is 12.5 Å². The van der Waals surface area contributed by atoms with Gasteiger partial charge in [-0.3, -0.25) is 4.79 Å². The van der Waals surface area contributed by atoms with Crippen LogP contribution in [0.3, 0.4) is 0 Å². The number of nitrogens with one attached hydrogen (secondary N) is 1. The first-order valence-corrected chi connectivity index (χ1v) is 6.61. The van der Waals surface area contributed by atoms with Gasteiger partial charge < -0.3 is 5.32 Å². The first-order valence-electron chi connectivity index (χ1n) is 4.74. The highest BCUT2D eigenvalue weighted by Crippen LogP contribution is 2.22. The van der Waals surface area contributed by atoms with Crippen molar-refractivity contribution in [2.75, 3.05) is 6.54 Å². The van der Waals surface area contributed by atoms with Crippen molar-refractivity contribution in [1.82, 2.24) is 5.32 Å². The van der Waals surface area contributed by atoms with E-state index < -0.39 is 0 Å². The monoisotopic (exact) mass is 381 g/mol. The number of carbonyl (C=O) groups is 1. The number of hydrogen-bond acceptors (Lipinski definition) is 1. The molecule has 0 aromatic heterocycles. The van der Waals surface area contributed by atoms with Crippen molar-refractivity contribution in [2.45, 2.75) is 13.8 Å². The molecule has 4 heteroatoms. The van der Waals surface area contributed by atoms with E-state index in [1.165, 1.54) is 0 Å². The summed E-state index contributed by atoms with van der Waals surface area (Å²) >= 11 is 5.58. The Bertz CT molecular complexity index is 366. The molecule has 1 amide bonds. The van der Waals surface area contributed by atoms with E-state index in [2.05, 4.69) is 57.7 Å². The van der Waals surface area contributed by atoms with Crippen LogP contribution in [0.5, 0.6) is 0 Å². The molecule has 1 rings (SSSR count). The van der Waals surface area contributed by atoms with E-state index in [0.29, 0.717) is 12.5 Å². The molecule has 15 heavy (non-hydrogen) atoms. The van der Waals surface area contributed by atoms with Crippen LogP contribution < -0.4 is 5.32 Å². The smallest absolute Gasteiger partial charge is 0.252 e. The van der Waals surface area contributed by atoms with E-state index in [-0.39, 0.29) is 5.91 Å². The van der Waals surface area contributed by atoms with Crippen LogP contribution in [0.2, 0.25) is 0 Å². The molecule has 0 bridgehead atoms. The van der Waals surface area contributed by atoms with Crippen molar-refractivity contribution in [3.05, 3.63) is 31.8 Å². The number of amides is 1. The number of carbonyl (C=O) groups excluding carboxylic acids is 1. The highest BCUT2D eigenvalue weighted by Gasteiger charge is 2.11. The molecule has 0 aliphatic rings. The van der Waals surface area contributed by atoms with Gasteiger partial charge in [0.05, 0.1) is 5.56 Å². The third-order valence-corrected chi connectivity index (χ3v) is 4.43. The summed E-state index contributed by atoms with van der Waals surface area (Å²) in [6.07, 6.45) is 0. The van der Waals surface area contributed by atoms with E-state index in [1.807, 2.05) is 18.2 Å². The summed E-state index contributed by atoms with van der Waals surface area (Å²) < 4.78 is 1.91. The zero-order chi connectivity index (χ0) is 11.4. The molecule has 82 valence electrons. The normalized spacial score (nSPS) is 10.5. The standard InChI is InChI=1S/C11H13BrINO/c1-7(2)6-14-11(15)8-4-3-5-9(12)10(8)13/h3-5,7H,6H2,1-2H3,(H,14,15). The van der Waals surface area contributed by atoms with Gasteiger partial charge in [-0.25, -0.2) is 0 Å². The minimum atomic E-state index is -0.00519. The molecule has 2 nitrogen and oxygen atoms in total. The van der Waals surface area contributed by atoms with Gasteiger partial charge in [-0.1, -0.05) is 19.9 Å². The second kappa shape index (κ2) is 5.84. The Morgan fingerprint density at radius 1 is 1.53 bits per heavy atom. The molecule has 0 spiro atoms. The number of rotatable bonds is 3. The molecule has 0 aliphatic heterocycles. The van der Waals surface area contributed by atoms with Gasteiger partial charge in [0.1, 0.15) is 0 Å². The minimum Gasteiger partial charge on any atom is -0.352 e. The lowest BCUT2D eigenvalue weighted by atomic mass is 10.2. The Kier molecular flexibility index (Phi) is 5.05. The summed E-state index contributed by atoms with van der Waals surface area (Å²) in [5.41, 5.74) is 0.727. The van der Waals surface area contributed by atoms with Crippen molar-refractivity contribution in [3.8, 4) is 0 Å². The van der Waals surface area contributed by atoms with Crippen LogP contribution in [0.15, 0.2) is 22.7 Å². The van der Waals surface area contributed by atoms with Crippen molar-refractivity contribution >= 4 is 44.4 Å². The van der Waals surface area contributed by atoms with Crippen molar-refractivity contribution in [1.29, 1.82) is 0 Å². The van der Waals surface area contributed by atoms with Crippen molar-refractivity contribution in [3.63, 3.8) is 0 Å². The van der Waals surface area contributed by atoms with Crippen LogP contribution in [0, 0.1) is 9.49 Å². The molecule has 1 aromatic carbocycles. The van der Waals surface area contributed by atoms with Crippen molar-refractivity contribution in [2.24, 2.45) is 5.92 Å². The van der Waals surface area contributed by atoms with Crippen LogP contribution in [0.4, 0.5) is 0 Å². The average molecular weight is 382 g/mol. The van der Waals surface area contributed by atoms with E-state index in [0.717, 1.165) is 13.6 Å². The zero-order valence-corrected chi connectivity index (χ0v) is 12.4. The quantitative estimate of drug-likeness (QED) is 0.798. The van der Waals surface area contributed by atoms with E-state index in [4.69, 9.17) is 0 Å². The van der Waals surface area contributed by atoms with Crippen LogP contribution in [0.1, 0.15) is 24.2 Å². The highest BCUT2D eigenvalue weighted by molar-refractivity contribution is 14.1. The topological polar surface area (TPSA) is 29.1 Å². The number of halogens is 2. The van der Waals surface area contributed by atoms with Gasteiger partial charge in [0.25, 0.3) is 5.91 Å². The maximum absolute atomic E-state index is 11.8. The van der Waals surface area contributed by atoms with Crippen LogP contribution >= 0.6 is 38.5 Å². The SMILES string of the molecule is CC(C)CNC(=O)c1cccc(Br)c1I. The lowest BCUT2D eigenvalue weighted by Crippen LogP contribution is -2.27. The third-order valence-electron chi connectivity index (χ3n) is 1.87. The fourth-order valence-corrected chi connectivity index (χ4v) is 2.04. The van der Waals surface area contributed by atoms with Gasteiger partial charge >= 0.3 is 0 Å². The second-order valence-corrected chi connectivity index (χ2v) is 5.64. The molecule has 0 radical (unpaired) electrons. The van der Waals surface area contributed by atoms with Crippen molar-refractivity contribution < 1.29 is 4.79 Å². The van der Waals surface area contributed by atoms with Gasteiger partial charge in [0, 0.05) is 14.6 Å². The van der Waals surface area contributed by atoms with E-state index in [9.17, 15) is 4.79 Å². The fraction of sp³-hybridized carbons (Fsp3) is 0.364. The highest BCUT2D eigenvalue weighted by atomic mass is 127. The average Bonchev–Trinajstić information content (AvgIpc) is 2.18. The Hall–Kier alpha value is -0.100. The zero-order valence-electron chi connectivity index (χ0n) is 8.68. The largest absolute Gasteiger partial charge is 0.352 e. The molecular weight excluding hydrogens is 369 g/mol. The van der Waals surface area contributed by atoms with Gasteiger partial charge in [-0.2, -0.15) is 0 Å². The molecule has 0 atom stereocenters. The first kappa shape index (κ1) is 13.0. The van der Waals surface area contributed by atoms with Gasteiger partial charge in [-0.15, -0.1) is 0 Å². The summed E-state index contributed by atoms with van der Waals surface area (Å²) in [5.74, 6) is 0.466. The molecule has 0 fully saturated rings. The van der Waals surface area contributed by atoms with Gasteiger partial charge in [-0.05, 0) is 56.6 Å². The first-order chi connectivity index (χ1) is 7.02. The van der Waals surface area contributed by atoms with E-state index in [1.54, 1.807) is 0 Å². The van der Waals surface area contributed by atoms with Crippen LogP contribution in [-0.2, 0) is 0 Å². The molecule has 1 N–H and O–H groups in total. The minimum absolute atomic E-state index is 0.00519. The molecule has 0 saturated carbocycles. The summed E-state index contributed by atoms with van der Waals surface area (Å²) in [7, 11) is 0. The fourth-order valence-electron chi connectivity index (χ4n) is 1.07. The number of benzene rings is 1. The van der Waals surface area contributed by atoms with Gasteiger partial charge in [0.2, 0.25) is 0 Å². The molecule has 0 unspecified atom stereocenters. The maximum atomic E-state index is 11.8. The molecule has 0 aliphatic carbocycles. The molecular formula is C11H13BrINO. The lowest BCUT2D eigenvalue weighted by Gasteiger charge is -2.09. The Morgan fingerprint density at radius 2 is 2.20 bits per heavy atom. The lowest BCUT2D eigenvalue weighted by molar-refractivity contribution is 0.0948. The Balaban J connectivity index is 2.78. The van der Waals surface area contributed by atoms with Crippen LogP contribution in [0.25, 0.3) is 0 Å². The Labute approximate surface area is 112 Å². The summed E-state index contributed by atoms with van der Waals surface area (Å²) in [6, 6.07) is 5.64. The third kappa shape index (κ3) is 3.75. The summed E-state index contributed by atoms with van der Waals surface area (Å²) in [6.45, 7) is 4.86.